The van der Waals surface area contributed by atoms with Crippen molar-refractivity contribution in [2.24, 2.45) is 0 Å². The topological polar surface area (TPSA) is 55.2 Å². The van der Waals surface area contributed by atoms with Crippen LogP contribution in [0.5, 0.6) is 0 Å². The molecule has 0 aliphatic carbocycles. The van der Waals surface area contributed by atoms with Crippen LogP contribution in [0, 0.1) is 10.1 Å². The number of anilines is 1. The number of halogens is 2. The van der Waals surface area contributed by atoms with Gasteiger partial charge < -0.3 is 5.32 Å². The number of nitro benzene ring substituents is 1. The normalized spacial score (nSPS) is 12.0. The third-order valence-electron chi connectivity index (χ3n) is 3.17. The van der Waals surface area contributed by atoms with Gasteiger partial charge in [-0.1, -0.05) is 30.7 Å². The lowest BCUT2D eigenvalue weighted by Crippen LogP contribution is -2.09. The van der Waals surface area contributed by atoms with E-state index in [0.717, 1.165) is 17.7 Å². The fraction of sp³-hybridized carbons (Fsp3) is 0.200. The maximum atomic E-state index is 10.8. The van der Waals surface area contributed by atoms with Gasteiger partial charge in [-0.15, -0.1) is 0 Å². The SMILES string of the molecule is CCC(Nc1ccc([N+](=O)[O-])c(Br)c1)c1ccc(Cl)cc1. The minimum absolute atomic E-state index is 0.0556. The molecule has 0 radical (unpaired) electrons. The van der Waals surface area contributed by atoms with Crippen molar-refractivity contribution in [3.8, 4) is 0 Å². The van der Waals surface area contributed by atoms with Gasteiger partial charge in [0, 0.05) is 16.8 Å². The molecule has 2 aromatic rings. The number of nitrogens with zero attached hydrogens (tertiary/aromatic N) is 1. The first-order chi connectivity index (χ1) is 10.0. The molecule has 6 heteroatoms. The van der Waals surface area contributed by atoms with Gasteiger partial charge in [0.15, 0.2) is 0 Å². The third kappa shape index (κ3) is 3.95. The van der Waals surface area contributed by atoms with Gasteiger partial charge in [-0.3, -0.25) is 10.1 Å². The third-order valence-corrected chi connectivity index (χ3v) is 4.05. The molecule has 0 aliphatic rings. The van der Waals surface area contributed by atoms with Gasteiger partial charge in [0.2, 0.25) is 0 Å². The van der Waals surface area contributed by atoms with Crippen LogP contribution in [0.2, 0.25) is 5.02 Å². The van der Waals surface area contributed by atoms with Gasteiger partial charge >= 0.3 is 0 Å². The smallest absolute Gasteiger partial charge is 0.283 e. The Balaban J connectivity index is 2.20. The van der Waals surface area contributed by atoms with Crippen LogP contribution in [0.25, 0.3) is 0 Å². The fourth-order valence-corrected chi connectivity index (χ4v) is 2.71. The molecule has 0 heterocycles. The second kappa shape index (κ2) is 6.91. The predicted molar refractivity (Wildman–Crippen MR) is 88.9 cm³/mol. The molecule has 0 aliphatic heterocycles. The van der Waals surface area contributed by atoms with Crippen LogP contribution in [0.4, 0.5) is 11.4 Å². The molecule has 0 bridgehead atoms. The van der Waals surface area contributed by atoms with Crippen molar-refractivity contribution in [1.29, 1.82) is 0 Å². The Hall–Kier alpha value is -1.59. The second-order valence-electron chi connectivity index (χ2n) is 4.58. The zero-order chi connectivity index (χ0) is 15.4. The number of hydrogen-bond acceptors (Lipinski definition) is 3. The van der Waals surface area contributed by atoms with E-state index in [1.165, 1.54) is 6.07 Å². The van der Waals surface area contributed by atoms with Crippen molar-refractivity contribution in [1.82, 2.24) is 0 Å². The largest absolute Gasteiger partial charge is 0.378 e. The van der Waals surface area contributed by atoms with E-state index in [9.17, 15) is 10.1 Å². The lowest BCUT2D eigenvalue weighted by molar-refractivity contribution is -0.385. The monoisotopic (exact) mass is 368 g/mol. The summed E-state index contributed by atoms with van der Waals surface area (Å²) in [5, 5.41) is 14.9. The molecule has 1 atom stereocenters. The van der Waals surface area contributed by atoms with Gasteiger partial charge in [0.25, 0.3) is 5.69 Å². The van der Waals surface area contributed by atoms with Crippen molar-refractivity contribution in [3.63, 3.8) is 0 Å². The van der Waals surface area contributed by atoms with Crippen LogP contribution in [0.3, 0.4) is 0 Å². The summed E-state index contributed by atoms with van der Waals surface area (Å²) in [5.41, 5.74) is 2.01. The molecule has 0 saturated heterocycles. The van der Waals surface area contributed by atoms with E-state index in [1.807, 2.05) is 24.3 Å². The van der Waals surface area contributed by atoms with Gasteiger partial charge in [-0.2, -0.15) is 0 Å². The highest BCUT2D eigenvalue weighted by Crippen LogP contribution is 2.30. The molecule has 0 fully saturated rings. The van der Waals surface area contributed by atoms with E-state index in [-0.39, 0.29) is 11.7 Å². The molecule has 0 saturated carbocycles. The van der Waals surface area contributed by atoms with Crippen molar-refractivity contribution in [2.45, 2.75) is 19.4 Å². The van der Waals surface area contributed by atoms with Crippen LogP contribution >= 0.6 is 27.5 Å². The molecule has 0 amide bonds. The summed E-state index contributed by atoms with van der Waals surface area (Å²) < 4.78 is 0.462. The minimum atomic E-state index is -0.412. The summed E-state index contributed by atoms with van der Waals surface area (Å²) in [6, 6.07) is 12.7. The highest BCUT2D eigenvalue weighted by molar-refractivity contribution is 9.10. The van der Waals surface area contributed by atoms with Gasteiger partial charge in [0.1, 0.15) is 0 Å². The Morgan fingerprint density at radius 1 is 1.29 bits per heavy atom. The first-order valence-electron chi connectivity index (χ1n) is 6.47. The maximum absolute atomic E-state index is 10.8. The summed E-state index contributed by atoms with van der Waals surface area (Å²) in [7, 11) is 0. The average Bonchev–Trinajstić information content (AvgIpc) is 2.45. The van der Waals surface area contributed by atoms with Gasteiger partial charge in [-0.25, -0.2) is 0 Å². The van der Waals surface area contributed by atoms with Crippen LogP contribution in [-0.2, 0) is 0 Å². The Kier molecular flexibility index (Phi) is 5.20. The van der Waals surface area contributed by atoms with E-state index in [0.29, 0.717) is 9.50 Å². The fourth-order valence-electron chi connectivity index (χ4n) is 2.06. The van der Waals surface area contributed by atoms with E-state index in [2.05, 4.69) is 28.2 Å². The van der Waals surface area contributed by atoms with Crippen LogP contribution in [0.15, 0.2) is 46.9 Å². The quantitative estimate of drug-likeness (QED) is 0.553. The van der Waals surface area contributed by atoms with Gasteiger partial charge in [0.05, 0.1) is 15.4 Å². The number of hydrogen-bond donors (Lipinski definition) is 1. The van der Waals surface area contributed by atoms with E-state index in [4.69, 9.17) is 11.6 Å². The van der Waals surface area contributed by atoms with Crippen LogP contribution in [-0.4, -0.2) is 4.92 Å². The van der Waals surface area contributed by atoms with E-state index < -0.39 is 4.92 Å². The van der Waals surface area contributed by atoms with E-state index >= 15 is 0 Å². The molecule has 0 spiro atoms. The first-order valence-corrected chi connectivity index (χ1v) is 7.64. The number of nitrogens with one attached hydrogen (secondary N) is 1. The maximum Gasteiger partial charge on any atom is 0.283 e. The summed E-state index contributed by atoms with van der Waals surface area (Å²) in [6.07, 6.45) is 0.885. The first kappa shape index (κ1) is 15.8. The van der Waals surface area contributed by atoms with Crippen molar-refractivity contribution in [2.75, 3.05) is 5.32 Å². The Morgan fingerprint density at radius 3 is 2.48 bits per heavy atom. The van der Waals surface area contributed by atoms with Crippen LogP contribution in [0.1, 0.15) is 24.9 Å². The van der Waals surface area contributed by atoms with Crippen LogP contribution < -0.4 is 5.32 Å². The Morgan fingerprint density at radius 2 is 1.95 bits per heavy atom. The molecule has 4 nitrogen and oxygen atoms in total. The zero-order valence-electron chi connectivity index (χ0n) is 11.3. The lowest BCUT2D eigenvalue weighted by atomic mass is 10.0. The van der Waals surface area contributed by atoms with Crippen molar-refractivity contribution in [3.05, 3.63) is 67.6 Å². The molecule has 21 heavy (non-hydrogen) atoms. The number of benzene rings is 2. The van der Waals surface area contributed by atoms with Crippen molar-refractivity contribution >= 4 is 38.9 Å². The molecular formula is C15H14BrClN2O2. The second-order valence-corrected chi connectivity index (χ2v) is 5.87. The van der Waals surface area contributed by atoms with Gasteiger partial charge in [-0.05, 0) is 52.2 Å². The minimum Gasteiger partial charge on any atom is -0.378 e. The molecule has 1 unspecified atom stereocenters. The summed E-state index contributed by atoms with van der Waals surface area (Å²) in [5.74, 6) is 0. The summed E-state index contributed by atoms with van der Waals surface area (Å²) in [4.78, 5) is 10.4. The number of nitro groups is 1. The molecule has 0 aromatic heterocycles. The molecule has 1 N–H and O–H groups in total. The Bertz CT molecular complexity index is 647. The Labute approximate surface area is 136 Å². The standard InChI is InChI=1S/C15H14BrClN2O2/c1-2-14(10-3-5-11(17)6-4-10)18-12-7-8-15(19(20)21)13(16)9-12/h3-9,14,18H,2H2,1H3. The molecule has 2 aromatic carbocycles. The van der Waals surface area contributed by atoms with E-state index in [1.54, 1.807) is 12.1 Å². The zero-order valence-corrected chi connectivity index (χ0v) is 13.7. The summed E-state index contributed by atoms with van der Waals surface area (Å²) >= 11 is 9.12. The lowest BCUT2D eigenvalue weighted by Gasteiger charge is -2.19. The molecular weight excluding hydrogens is 356 g/mol. The molecule has 2 rings (SSSR count). The highest BCUT2D eigenvalue weighted by Gasteiger charge is 2.14. The summed E-state index contributed by atoms with van der Waals surface area (Å²) in [6.45, 7) is 2.08. The average molecular weight is 370 g/mol. The number of rotatable bonds is 5. The van der Waals surface area contributed by atoms with Crippen molar-refractivity contribution < 1.29 is 4.92 Å². The molecule has 110 valence electrons. The highest BCUT2D eigenvalue weighted by atomic mass is 79.9. The predicted octanol–water partition coefficient (Wildman–Crippen LogP) is 5.57.